The zero-order chi connectivity index (χ0) is 23.6. The molecule has 7 nitrogen and oxygen atoms in total. The van der Waals surface area contributed by atoms with Crippen LogP contribution in [0.5, 0.6) is 0 Å². The van der Waals surface area contributed by atoms with Gasteiger partial charge in [0.05, 0.1) is 27.6 Å². The number of hydrogen-bond acceptors (Lipinski definition) is 5. The summed E-state index contributed by atoms with van der Waals surface area (Å²) in [5.41, 5.74) is 3.55. The maximum absolute atomic E-state index is 13.4. The van der Waals surface area contributed by atoms with Gasteiger partial charge in [0.1, 0.15) is 5.52 Å². The van der Waals surface area contributed by atoms with Gasteiger partial charge in [-0.15, -0.1) is 0 Å². The maximum Gasteiger partial charge on any atom is 0.262 e. The quantitative estimate of drug-likeness (QED) is 0.423. The number of aromatic amines is 1. The predicted molar refractivity (Wildman–Crippen MR) is 130 cm³/mol. The first-order valence-corrected chi connectivity index (χ1v) is 12.4. The van der Waals surface area contributed by atoms with Crippen molar-refractivity contribution < 1.29 is 13.2 Å². The third-order valence-electron chi connectivity index (χ3n) is 5.47. The fraction of sp³-hybridized carbons (Fsp3) is 0.240. The Bertz CT molecular complexity index is 1380. The molecule has 0 aliphatic carbocycles. The van der Waals surface area contributed by atoms with Crippen molar-refractivity contribution in [3.63, 3.8) is 0 Å². The van der Waals surface area contributed by atoms with Gasteiger partial charge in [0, 0.05) is 24.0 Å². The van der Waals surface area contributed by atoms with E-state index < -0.39 is 15.1 Å². The summed E-state index contributed by atoms with van der Waals surface area (Å²) in [6, 6.07) is 16.1. The number of benzene rings is 2. The molecule has 0 unspecified atom stereocenters. The molecule has 0 saturated heterocycles. The molecule has 2 aromatic carbocycles. The first kappa shape index (κ1) is 22.7. The van der Waals surface area contributed by atoms with Crippen molar-refractivity contribution in [2.45, 2.75) is 37.3 Å². The highest BCUT2D eigenvalue weighted by atomic mass is 32.2. The molecular formula is C25H26N4O3S. The molecule has 4 aromatic rings. The standard InChI is InChI=1S/C25H26N4O3S/c1-4-14-29(19-8-6-5-7-9-19)25(30)21-15-26-24-23(21)28-22(16-27-24)18-10-12-20(13-11-18)33(31,32)17(2)3/h5-13,15-17H,4,14H2,1-3H3,(H,26,27). The number of anilines is 1. The van der Waals surface area contributed by atoms with Crippen molar-refractivity contribution in [1.82, 2.24) is 15.0 Å². The summed E-state index contributed by atoms with van der Waals surface area (Å²) in [6.07, 6.45) is 4.06. The monoisotopic (exact) mass is 462 g/mol. The van der Waals surface area contributed by atoms with Crippen molar-refractivity contribution in [2.24, 2.45) is 0 Å². The molecule has 8 heteroatoms. The number of nitrogens with one attached hydrogen (secondary N) is 1. The van der Waals surface area contributed by atoms with E-state index in [4.69, 9.17) is 4.98 Å². The lowest BCUT2D eigenvalue weighted by atomic mass is 10.1. The fourth-order valence-corrected chi connectivity index (χ4v) is 4.67. The number of carbonyl (C=O) groups is 1. The van der Waals surface area contributed by atoms with Crippen molar-refractivity contribution >= 4 is 32.6 Å². The maximum atomic E-state index is 13.4. The first-order valence-electron chi connectivity index (χ1n) is 10.9. The van der Waals surface area contributed by atoms with Crippen LogP contribution in [-0.4, -0.2) is 41.1 Å². The Kier molecular flexibility index (Phi) is 6.29. The van der Waals surface area contributed by atoms with E-state index in [-0.39, 0.29) is 10.8 Å². The van der Waals surface area contributed by atoms with Crippen molar-refractivity contribution in [3.05, 3.63) is 72.6 Å². The van der Waals surface area contributed by atoms with Gasteiger partial charge in [-0.25, -0.2) is 18.4 Å². The molecule has 4 rings (SSSR count). The number of fused-ring (bicyclic) bond motifs is 1. The van der Waals surface area contributed by atoms with E-state index in [9.17, 15) is 13.2 Å². The van der Waals surface area contributed by atoms with Crippen LogP contribution < -0.4 is 4.90 Å². The highest BCUT2D eigenvalue weighted by Crippen LogP contribution is 2.26. The summed E-state index contributed by atoms with van der Waals surface area (Å²) < 4.78 is 24.8. The second-order valence-corrected chi connectivity index (χ2v) is 10.6. The Morgan fingerprint density at radius 1 is 1.06 bits per heavy atom. The number of nitrogens with zero attached hydrogens (tertiary/aromatic N) is 3. The zero-order valence-electron chi connectivity index (χ0n) is 18.8. The number of para-hydroxylation sites is 1. The Balaban J connectivity index is 1.71. The number of rotatable bonds is 7. The average molecular weight is 463 g/mol. The summed E-state index contributed by atoms with van der Waals surface area (Å²) in [6.45, 7) is 5.92. The Hall–Kier alpha value is -3.52. The van der Waals surface area contributed by atoms with E-state index in [1.54, 1.807) is 55.4 Å². The molecule has 1 amide bonds. The van der Waals surface area contributed by atoms with Gasteiger partial charge in [0.15, 0.2) is 15.5 Å². The molecular weight excluding hydrogens is 436 g/mol. The van der Waals surface area contributed by atoms with E-state index in [0.29, 0.717) is 29.0 Å². The van der Waals surface area contributed by atoms with Crippen LogP contribution in [0.2, 0.25) is 0 Å². The fourth-order valence-electron chi connectivity index (χ4n) is 3.61. The normalized spacial score (nSPS) is 11.8. The SMILES string of the molecule is CCCN(C(=O)c1c[nH]c2ncc(-c3ccc(S(=O)(=O)C(C)C)cc3)nc12)c1ccccc1. The molecule has 0 saturated carbocycles. The van der Waals surface area contributed by atoms with Gasteiger partial charge in [-0.2, -0.15) is 0 Å². The highest BCUT2D eigenvalue weighted by molar-refractivity contribution is 7.92. The second-order valence-electron chi connectivity index (χ2n) is 8.07. The largest absolute Gasteiger partial charge is 0.344 e. The van der Waals surface area contributed by atoms with Gasteiger partial charge < -0.3 is 9.88 Å². The van der Waals surface area contributed by atoms with Crippen LogP contribution in [0.4, 0.5) is 5.69 Å². The molecule has 0 bridgehead atoms. The van der Waals surface area contributed by atoms with Crippen LogP contribution in [0.1, 0.15) is 37.6 Å². The molecule has 1 N–H and O–H groups in total. The molecule has 170 valence electrons. The number of aromatic nitrogens is 3. The molecule has 2 heterocycles. The molecule has 0 spiro atoms. The van der Waals surface area contributed by atoms with Crippen LogP contribution in [0.25, 0.3) is 22.4 Å². The van der Waals surface area contributed by atoms with Crippen molar-refractivity contribution in [1.29, 1.82) is 0 Å². The summed E-state index contributed by atoms with van der Waals surface area (Å²) in [5.74, 6) is -0.154. The van der Waals surface area contributed by atoms with Crippen LogP contribution in [0.15, 0.2) is 71.9 Å². The van der Waals surface area contributed by atoms with Gasteiger partial charge in [0.2, 0.25) is 0 Å². The van der Waals surface area contributed by atoms with Crippen LogP contribution in [0.3, 0.4) is 0 Å². The van der Waals surface area contributed by atoms with Crippen LogP contribution in [-0.2, 0) is 9.84 Å². The van der Waals surface area contributed by atoms with Crippen molar-refractivity contribution in [2.75, 3.05) is 11.4 Å². The lowest BCUT2D eigenvalue weighted by molar-refractivity contribution is 0.0988. The number of H-pyrrole nitrogens is 1. The first-order chi connectivity index (χ1) is 15.8. The number of hydrogen-bond donors (Lipinski definition) is 1. The van der Waals surface area contributed by atoms with Crippen LogP contribution >= 0.6 is 0 Å². The molecule has 0 atom stereocenters. The third-order valence-corrected chi connectivity index (χ3v) is 7.64. The third kappa shape index (κ3) is 4.39. The molecule has 0 aliphatic rings. The Morgan fingerprint density at radius 3 is 2.39 bits per heavy atom. The number of sulfone groups is 1. The minimum Gasteiger partial charge on any atom is -0.344 e. The number of carbonyl (C=O) groups excluding carboxylic acids is 1. The molecule has 0 radical (unpaired) electrons. The van der Waals surface area contributed by atoms with Gasteiger partial charge in [-0.1, -0.05) is 37.3 Å². The average Bonchev–Trinajstić information content (AvgIpc) is 3.26. The Labute approximate surface area is 193 Å². The summed E-state index contributed by atoms with van der Waals surface area (Å²) >= 11 is 0. The van der Waals surface area contributed by atoms with E-state index in [2.05, 4.69) is 9.97 Å². The van der Waals surface area contributed by atoms with Crippen LogP contribution in [0, 0.1) is 0 Å². The molecule has 0 fully saturated rings. The van der Waals surface area contributed by atoms with Gasteiger partial charge in [-0.05, 0) is 44.5 Å². The summed E-state index contributed by atoms with van der Waals surface area (Å²) in [4.78, 5) is 27.6. The van der Waals surface area contributed by atoms with Gasteiger partial charge >= 0.3 is 0 Å². The van der Waals surface area contributed by atoms with E-state index >= 15 is 0 Å². The second kappa shape index (κ2) is 9.15. The lowest BCUT2D eigenvalue weighted by Crippen LogP contribution is -2.31. The molecule has 0 aliphatic heterocycles. The predicted octanol–water partition coefficient (Wildman–Crippen LogP) is 4.86. The number of amides is 1. The zero-order valence-corrected chi connectivity index (χ0v) is 19.6. The minimum atomic E-state index is -3.35. The topological polar surface area (TPSA) is 96.0 Å². The van der Waals surface area contributed by atoms with E-state index in [0.717, 1.165) is 17.7 Å². The lowest BCUT2D eigenvalue weighted by Gasteiger charge is -2.21. The van der Waals surface area contributed by atoms with E-state index in [1.807, 2.05) is 37.3 Å². The van der Waals surface area contributed by atoms with Crippen molar-refractivity contribution in [3.8, 4) is 11.3 Å². The van der Waals surface area contributed by atoms with E-state index in [1.165, 1.54) is 0 Å². The molecule has 33 heavy (non-hydrogen) atoms. The summed E-state index contributed by atoms with van der Waals surface area (Å²) in [7, 11) is -3.35. The van der Waals surface area contributed by atoms with Gasteiger partial charge in [-0.3, -0.25) is 4.79 Å². The highest BCUT2D eigenvalue weighted by Gasteiger charge is 2.22. The van der Waals surface area contributed by atoms with Gasteiger partial charge in [0.25, 0.3) is 5.91 Å². The summed E-state index contributed by atoms with van der Waals surface area (Å²) in [5, 5.41) is -0.497. The Morgan fingerprint density at radius 2 is 1.76 bits per heavy atom. The minimum absolute atomic E-state index is 0.154. The smallest absolute Gasteiger partial charge is 0.262 e. The molecule has 2 aromatic heterocycles.